The van der Waals surface area contributed by atoms with Gasteiger partial charge in [0.1, 0.15) is 17.3 Å². The first-order valence-electron chi connectivity index (χ1n) is 10.8. The van der Waals surface area contributed by atoms with Crippen LogP contribution in [0.4, 0.5) is 23.7 Å². The molecule has 0 aromatic heterocycles. The number of carbonyl (C=O) groups excluding carboxylic acids is 1. The van der Waals surface area contributed by atoms with Gasteiger partial charge in [0.2, 0.25) is 0 Å². The molecule has 33 heavy (non-hydrogen) atoms. The number of nitrogens with zero attached hydrogens (tertiary/aromatic N) is 3. The van der Waals surface area contributed by atoms with Gasteiger partial charge in [-0.15, -0.1) is 0 Å². The smallest absolute Gasteiger partial charge is 0.416 e. The van der Waals surface area contributed by atoms with Gasteiger partial charge in [0.05, 0.1) is 11.1 Å². The summed E-state index contributed by atoms with van der Waals surface area (Å²) in [5.41, 5.74) is -0.101. The predicted octanol–water partition coefficient (Wildman–Crippen LogP) is 5.40. The van der Waals surface area contributed by atoms with Crippen LogP contribution in [0.3, 0.4) is 0 Å². The summed E-state index contributed by atoms with van der Waals surface area (Å²) in [5, 5.41) is 3.00. The minimum absolute atomic E-state index is 0.0588. The zero-order valence-corrected chi connectivity index (χ0v) is 19.0. The Hall–Kier alpha value is -3.23. The summed E-state index contributed by atoms with van der Waals surface area (Å²) in [6, 6.07) is 10.3. The Morgan fingerprint density at radius 2 is 1.82 bits per heavy atom. The van der Waals surface area contributed by atoms with Gasteiger partial charge < -0.3 is 19.9 Å². The van der Waals surface area contributed by atoms with Crippen molar-refractivity contribution >= 4 is 17.6 Å². The van der Waals surface area contributed by atoms with Gasteiger partial charge in [-0.2, -0.15) is 13.2 Å². The zero-order chi connectivity index (χ0) is 24.0. The Morgan fingerprint density at radius 1 is 1.09 bits per heavy atom. The van der Waals surface area contributed by atoms with E-state index in [-0.39, 0.29) is 23.4 Å². The number of rotatable bonds is 0. The number of carbonyl (C=O) groups is 1. The van der Waals surface area contributed by atoms with E-state index in [4.69, 9.17) is 9.73 Å². The number of benzene rings is 2. The second-order valence-corrected chi connectivity index (χ2v) is 9.38. The first kappa shape index (κ1) is 22.9. The molecule has 0 radical (unpaired) electrons. The van der Waals surface area contributed by atoms with Gasteiger partial charge in [-0.25, -0.2) is 9.79 Å². The van der Waals surface area contributed by atoms with Crippen molar-refractivity contribution in [2.24, 2.45) is 4.99 Å². The van der Waals surface area contributed by atoms with E-state index in [9.17, 15) is 18.0 Å². The van der Waals surface area contributed by atoms with Crippen LogP contribution in [-0.2, 0) is 6.18 Å². The van der Waals surface area contributed by atoms with E-state index in [1.54, 1.807) is 17.0 Å². The highest BCUT2D eigenvalue weighted by atomic mass is 19.4. The average molecular weight is 461 g/mol. The van der Waals surface area contributed by atoms with Gasteiger partial charge in [-0.05, 0) is 58.0 Å². The second-order valence-electron chi connectivity index (χ2n) is 9.38. The van der Waals surface area contributed by atoms with Crippen LogP contribution >= 0.6 is 0 Å². The molecule has 2 aliphatic rings. The van der Waals surface area contributed by atoms with E-state index < -0.39 is 11.7 Å². The molecule has 9 heteroatoms. The fourth-order valence-corrected chi connectivity index (χ4v) is 3.98. The number of amidine groups is 1. The SMILES string of the molecule is CC1CN(C2=Nc3ccc(C(F)(F)F)cc3Oc3ccccc32)CCN1C(=O)NC(C)(C)C. The number of halogens is 3. The molecule has 0 bridgehead atoms. The van der Waals surface area contributed by atoms with Crippen molar-refractivity contribution in [2.45, 2.75) is 45.5 Å². The van der Waals surface area contributed by atoms with Crippen molar-refractivity contribution in [3.8, 4) is 11.5 Å². The molecule has 2 aromatic rings. The number of hydrogen-bond donors (Lipinski definition) is 1. The minimum atomic E-state index is -4.48. The Labute approximate surface area is 191 Å². The lowest BCUT2D eigenvalue weighted by atomic mass is 10.1. The number of nitrogens with one attached hydrogen (secondary N) is 1. The first-order valence-corrected chi connectivity index (χ1v) is 10.8. The van der Waals surface area contributed by atoms with E-state index >= 15 is 0 Å². The van der Waals surface area contributed by atoms with Crippen LogP contribution in [0.1, 0.15) is 38.8 Å². The number of ether oxygens (including phenoxy) is 1. The summed E-state index contributed by atoms with van der Waals surface area (Å²) >= 11 is 0. The number of urea groups is 1. The molecule has 1 saturated heterocycles. The summed E-state index contributed by atoms with van der Waals surface area (Å²) in [5.74, 6) is 1.12. The van der Waals surface area contributed by atoms with E-state index in [0.29, 0.717) is 42.5 Å². The van der Waals surface area contributed by atoms with Gasteiger partial charge >= 0.3 is 12.2 Å². The maximum absolute atomic E-state index is 13.2. The van der Waals surface area contributed by atoms with E-state index in [0.717, 1.165) is 12.1 Å². The molecule has 2 amide bonds. The number of piperazine rings is 1. The van der Waals surface area contributed by atoms with Crippen molar-refractivity contribution in [1.82, 2.24) is 15.1 Å². The minimum Gasteiger partial charge on any atom is -0.454 e. The molecular weight excluding hydrogens is 433 g/mol. The monoisotopic (exact) mass is 460 g/mol. The third-order valence-corrected chi connectivity index (χ3v) is 5.53. The molecule has 0 spiro atoms. The standard InChI is InChI=1S/C24H27F3N4O2/c1-15-14-30(11-12-31(15)22(32)29-23(2,3)4)21-17-7-5-6-8-19(17)33-20-13-16(24(25,26)27)9-10-18(20)28-21/h5-10,13,15H,11-12,14H2,1-4H3,(H,29,32). The maximum atomic E-state index is 13.2. The van der Waals surface area contributed by atoms with Crippen molar-refractivity contribution in [3.05, 3.63) is 53.6 Å². The number of fused-ring (bicyclic) bond motifs is 2. The molecule has 0 aliphatic carbocycles. The summed E-state index contributed by atoms with van der Waals surface area (Å²) in [6.45, 7) is 9.33. The molecule has 1 atom stereocenters. The molecule has 176 valence electrons. The molecule has 6 nitrogen and oxygen atoms in total. The number of aliphatic imine (C=N–C) groups is 1. The Morgan fingerprint density at radius 3 is 2.48 bits per heavy atom. The lowest BCUT2D eigenvalue weighted by molar-refractivity contribution is -0.137. The molecule has 2 heterocycles. The summed E-state index contributed by atoms with van der Waals surface area (Å²) in [4.78, 5) is 21.3. The lowest BCUT2D eigenvalue weighted by Crippen LogP contribution is -2.59. The van der Waals surface area contributed by atoms with Crippen molar-refractivity contribution in [2.75, 3.05) is 19.6 Å². The van der Waals surface area contributed by atoms with Crippen molar-refractivity contribution in [1.29, 1.82) is 0 Å². The number of alkyl halides is 3. The average Bonchev–Trinajstić information content (AvgIpc) is 2.87. The van der Waals surface area contributed by atoms with Crippen molar-refractivity contribution in [3.63, 3.8) is 0 Å². The molecule has 0 saturated carbocycles. The topological polar surface area (TPSA) is 57.2 Å². The van der Waals surface area contributed by atoms with Gasteiger partial charge in [0.15, 0.2) is 5.75 Å². The van der Waals surface area contributed by atoms with E-state index in [1.807, 2.05) is 39.8 Å². The molecule has 1 unspecified atom stereocenters. The lowest BCUT2D eigenvalue weighted by Gasteiger charge is -2.42. The van der Waals surface area contributed by atoms with Gasteiger partial charge in [0.25, 0.3) is 0 Å². The Kier molecular flexibility index (Phi) is 5.76. The Bertz CT molecular complexity index is 1090. The van der Waals surface area contributed by atoms with Crippen LogP contribution in [0.2, 0.25) is 0 Å². The van der Waals surface area contributed by atoms with Crippen LogP contribution in [0, 0.1) is 0 Å². The number of hydrogen-bond acceptors (Lipinski definition) is 4. The summed E-state index contributed by atoms with van der Waals surface area (Å²) in [7, 11) is 0. The van der Waals surface area contributed by atoms with Crippen LogP contribution < -0.4 is 10.1 Å². The van der Waals surface area contributed by atoms with Gasteiger partial charge in [-0.1, -0.05) is 12.1 Å². The molecule has 1 N–H and O–H groups in total. The van der Waals surface area contributed by atoms with E-state index in [2.05, 4.69) is 10.2 Å². The predicted molar refractivity (Wildman–Crippen MR) is 120 cm³/mol. The van der Waals surface area contributed by atoms with Gasteiger partial charge in [0, 0.05) is 31.2 Å². The third-order valence-electron chi connectivity index (χ3n) is 5.53. The number of amides is 2. The summed E-state index contributed by atoms with van der Waals surface area (Å²) < 4.78 is 45.6. The fraction of sp³-hybridized carbons (Fsp3) is 0.417. The second kappa shape index (κ2) is 8.28. The maximum Gasteiger partial charge on any atom is 0.416 e. The van der Waals surface area contributed by atoms with Crippen LogP contribution in [0.25, 0.3) is 0 Å². The summed E-state index contributed by atoms with van der Waals surface area (Å²) in [6.07, 6.45) is -4.48. The molecule has 4 rings (SSSR count). The highest BCUT2D eigenvalue weighted by Gasteiger charge is 2.34. The zero-order valence-electron chi connectivity index (χ0n) is 19.0. The highest BCUT2D eigenvalue weighted by molar-refractivity contribution is 6.04. The number of para-hydroxylation sites is 1. The largest absolute Gasteiger partial charge is 0.454 e. The van der Waals surface area contributed by atoms with Crippen molar-refractivity contribution < 1.29 is 22.7 Å². The van der Waals surface area contributed by atoms with E-state index in [1.165, 1.54) is 6.07 Å². The molecule has 1 fully saturated rings. The van der Waals surface area contributed by atoms with Crippen LogP contribution in [0.15, 0.2) is 47.5 Å². The fourth-order valence-electron chi connectivity index (χ4n) is 3.98. The first-order chi connectivity index (χ1) is 15.4. The normalized spacial score (nSPS) is 18.5. The quantitative estimate of drug-likeness (QED) is 0.573. The molecule has 2 aromatic carbocycles. The highest BCUT2D eigenvalue weighted by Crippen LogP contribution is 2.42. The molecule has 2 aliphatic heterocycles. The third kappa shape index (κ3) is 4.91. The Balaban J connectivity index is 1.66. The van der Waals surface area contributed by atoms with Crippen LogP contribution in [0.5, 0.6) is 11.5 Å². The molecular formula is C24H27F3N4O2. The van der Waals surface area contributed by atoms with Gasteiger partial charge in [-0.3, -0.25) is 0 Å². The van der Waals surface area contributed by atoms with Crippen LogP contribution in [-0.4, -0.2) is 52.9 Å².